The Hall–Kier alpha value is -1.21. The van der Waals surface area contributed by atoms with Crippen LogP contribution in [-0.2, 0) is 0 Å². The molecule has 0 aliphatic carbocycles. The van der Waals surface area contributed by atoms with Gasteiger partial charge < -0.3 is 5.32 Å². The number of fused-ring (bicyclic) bond motifs is 1. The number of alkyl halides is 3. The molecule has 2 rings (SSSR count). The summed E-state index contributed by atoms with van der Waals surface area (Å²) in [5.41, 5.74) is -3.83. The maximum Gasteiger partial charge on any atom is 0.441 e. The van der Waals surface area contributed by atoms with Crippen LogP contribution in [0.25, 0.3) is 10.8 Å². The summed E-state index contributed by atoms with van der Waals surface area (Å²) in [6, 6.07) is 10.8. The summed E-state index contributed by atoms with van der Waals surface area (Å²) in [6.07, 6.45) is 0. The lowest BCUT2D eigenvalue weighted by Gasteiger charge is -2.08. The molecular formula is C14H11BrF3NOS. The zero-order valence-electron chi connectivity index (χ0n) is 10.7. The van der Waals surface area contributed by atoms with Crippen molar-refractivity contribution in [2.45, 2.75) is 5.51 Å². The lowest BCUT2D eigenvalue weighted by Crippen LogP contribution is -2.26. The molecule has 1 N–H and O–H groups in total. The summed E-state index contributed by atoms with van der Waals surface area (Å²) >= 11 is 3.22. The van der Waals surface area contributed by atoms with E-state index in [0.717, 1.165) is 15.2 Å². The first-order chi connectivity index (χ1) is 9.85. The van der Waals surface area contributed by atoms with Crippen LogP contribution in [0.15, 0.2) is 40.9 Å². The summed E-state index contributed by atoms with van der Waals surface area (Å²) in [7, 11) is 0. The van der Waals surface area contributed by atoms with Gasteiger partial charge in [-0.05, 0) is 46.8 Å². The summed E-state index contributed by atoms with van der Waals surface area (Å²) < 4.78 is 36.8. The van der Waals surface area contributed by atoms with E-state index in [2.05, 4.69) is 21.2 Å². The highest BCUT2D eigenvalue weighted by molar-refractivity contribution is 9.10. The van der Waals surface area contributed by atoms with Crippen molar-refractivity contribution in [3.05, 3.63) is 46.4 Å². The van der Waals surface area contributed by atoms with Crippen molar-refractivity contribution in [2.24, 2.45) is 0 Å². The monoisotopic (exact) mass is 377 g/mol. The van der Waals surface area contributed by atoms with Gasteiger partial charge in [-0.15, -0.1) is 0 Å². The van der Waals surface area contributed by atoms with Crippen molar-refractivity contribution in [1.82, 2.24) is 5.32 Å². The number of halogens is 4. The molecule has 0 heterocycles. The van der Waals surface area contributed by atoms with Gasteiger partial charge in [0.05, 0.1) is 0 Å². The van der Waals surface area contributed by atoms with Gasteiger partial charge in [0.25, 0.3) is 5.91 Å². The highest BCUT2D eigenvalue weighted by Crippen LogP contribution is 2.29. The molecule has 21 heavy (non-hydrogen) atoms. The third-order valence-corrected chi connectivity index (χ3v) is 3.95. The fourth-order valence-corrected chi connectivity index (χ4v) is 2.61. The van der Waals surface area contributed by atoms with Crippen molar-refractivity contribution in [1.29, 1.82) is 0 Å². The number of hydrogen-bond donors (Lipinski definition) is 1. The maximum absolute atomic E-state index is 12.0. The molecule has 112 valence electrons. The second-order valence-electron chi connectivity index (χ2n) is 4.26. The van der Waals surface area contributed by atoms with E-state index < -0.39 is 5.51 Å². The van der Waals surface area contributed by atoms with E-state index in [0.29, 0.717) is 5.56 Å². The van der Waals surface area contributed by atoms with Gasteiger partial charge in [0.2, 0.25) is 0 Å². The van der Waals surface area contributed by atoms with Crippen LogP contribution in [-0.4, -0.2) is 23.7 Å². The zero-order valence-corrected chi connectivity index (χ0v) is 13.1. The molecule has 0 saturated heterocycles. The third-order valence-electron chi connectivity index (χ3n) is 2.72. The van der Waals surface area contributed by atoms with Gasteiger partial charge in [-0.2, -0.15) is 13.2 Å². The van der Waals surface area contributed by atoms with E-state index in [1.54, 1.807) is 18.2 Å². The average molecular weight is 378 g/mol. The van der Waals surface area contributed by atoms with Gasteiger partial charge in [-0.1, -0.05) is 28.1 Å². The molecule has 2 aromatic rings. The molecule has 2 aromatic carbocycles. The molecule has 0 saturated carbocycles. The first kappa shape index (κ1) is 16.2. The molecule has 0 aromatic heterocycles. The SMILES string of the molecule is O=C(NCCSC(F)(F)F)c1ccc2cc(Br)ccc2c1. The number of hydrogen-bond acceptors (Lipinski definition) is 2. The summed E-state index contributed by atoms with van der Waals surface area (Å²) in [4.78, 5) is 11.9. The Bertz CT molecular complexity index is 660. The largest absolute Gasteiger partial charge is 0.441 e. The highest BCUT2D eigenvalue weighted by Gasteiger charge is 2.27. The van der Waals surface area contributed by atoms with E-state index in [1.807, 2.05) is 18.2 Å². The standard InChI is InChI=1S/C14H11BrF3NOS/c15-12-4-3-9-7-11(2-1-10(9)8-12)13(20)19-5-6-21-14(16,17)18/h1-4,7-8H,5-6H2,(H,19,20). The van der Waals surface area contributed by atoms with Gasteiger partial charge in [0, 0.05) is 22.3 Å². The Morgan fingerprint density at radius 1 is 1.14 bits per heavy atom. The fraction of sp³-hybridized carbons (Fsp3) is 0.214. The van der Waals surface area contributed by atoms with Gasteiger partial charge >= 0.3 is 5.51 Å². The molecule has 1 amide bonds. The van der Waals surface area contributed by atoms with Crippen LogP contribution in [0.3, 0.4) is 0 Å². The number of thioether (sulfide) groups is 1. The van der Waals surface area contributed by atoms with Gasteiger partial charge in [0.1, 0.15) is 0 Å². The summed E-state index contributed by atoms with van der Waals surface area (Å²) in [6.45, 7) is -0.0264. The molecule has 7 heteroatoms. The van der Waals surface area contributed by atoms with Gasteiger partial charge in [-0.25, -0.2) is 0 Å². The topological polar surface area (TPSA) is 29.1 Å². The lowest BCUT2D eigenvalue weighted by atomic mass is 10.1. The number of amides is 1. The molecule has 0 aliphatic rings. The smallest absolute Gasteiger partial charge is 0.351 e. The molecular weight excluding hydrogens is 367 g/mol. The molecule has 2 nitrogen and oxygen atoms in total. The second-order valence-corrected chi connectivity index (χ2v) is 6.33. The molecule has 0 bridgehead atoms. The molecule has 0 unspecified atom stereocenters. The minimum absolute atomic E-state index is 0.0264. The van der Waals surface area contributed by atoms with Crippen LogP contribution in [0.2, 0.25) is 0 Å². The molecule has 0 fully saturated rings. The first-order valence-electron chi connectivity index (χ1n) is 6.03. The molecule has 0 spiro atoms. The van der Waals surface area contributed by atoms with E-state index >= 15 is 0 Å². The number of carbonyl (C=O) groups is 1. The van der Waals surface area contributed by atoms with Gasteiger partial charge in [0.15, 0.2) is 0 Å². The fourth-order valence-electron chi connectivity index (χ4n) is 1.79. The van der Waals surface area contributed by atoms with Crippen LogP contribution >= 0.6 is 27.7 Å². The van der Waals surface area contributed by atoms with Crippen molar-refractivity contribution in [3.8, 4) is 0 Å². The summed E-state index contributed by atoms with van der Waals surface area (Å²) in [5, 5.41) is 4.36. The van der Waals surface area contributed by atoms with Crippen LogP contribution in [0, 0.1) is 0 Å². The maximum atomic E-state index is 12.0. The Kier molecular flexibility index (Phi) is 5.16. The van der Waals surface area contributed by atoms with E-state index in [9.17, 15) is 18.0 Å². The number of carbonyl (C=O) groups excluding carboxylic acids is 1. The van der Waals surface area contributed by atoms with Crippen molar-refractivity contribution in [2.75, 3.05) is 12.3 Å². The summed E-state index contributed by atoms with van der Waals surface area (Å²) in [5.74, 6) is -0.571. The molecule has 0 atom stereocenters. The minimum Gasteiger partial charge on any atom is -0.351 e. The molecule has 0 aliphatic heterocycles. The highest BCUT2D eigenvalue weighted by atomic mass is 79.9. The van der Waals surface area contributed by atoms with E-state index in [-0.39, 0.29) is 30.0 Å². The van der Waals surface area contributed by atoms with Crippen molar-refractivity contribution < 1.29 is 18.0 Å². The Balaban J connectivity index is 1.98. The normalized spacial score (nSPS) is 11.6. The minimum atomic E-state index is -4.26. The predicted molar refractivity (Wildman–Crippen MR) is 82.5 cm³/mol. The van der Waals surface area contributed by atoms with Crippen LogP contribution < -0.4 is 5.32 Å². The van der Waals surface area contributed by atoms with Gasteiger partial charge in [-0.3, -0.25) is 4.79 Å². The van der Waals surface area contributed by atoms with Crippen molar-refractivity contribution >= 4 is 44.4 Å². The predicted octanol–water partition coefficient (Wildman–Crippen LogP) is 4.59. The zero-order chi connectivity index (χ0) is 15.5. The number of benzene rings is 2. The van der Waals surface area contributed by atoms with Crippen LogP contribution in [0.5, 0.6) is 0 Å². The Morgan fingerprint density at radius 2 is 1.81 bits per heavy atom. The number of nitrogens with one attached hydrogen (secondary N) is 1. The first-order valence-corrected chi connectivity index (χ1v) is 7.81. The quantitative estimate of drug-likeness (QED) is 0.789. The Morgan fingerprint density at radius 3 is 2.52 bits per heavy atom. The lowest BCUT2D eigenvalue weighted by molar-refractivity contribution is -0.0327. The third kappa shape index (κ3) is 4.93. The molecule has 0 radical (unpaired) electrons. The van der Waals surface area contributed by atoms with Crippen molar-refractivity contribution in [3.63, 3.8) is 0 Å². The number of rotatable bonds is 4. The average Bonchev–Trinajstić information content (AvgIpc) is 2.41. The Labute approximate surface area is 132 Å². The van der Waals surface area contributed by atoms with Crippen LogP contribution in [0.1, 0.15) is 10.4 Å². The van der Waals surface area contributed by atoms with E-state index in [1.165, 1.54) is 0 Å². The second kappa shape index (κ2) is 6.70. The van der Waals surface area contributed by atoms with E-state index in [4.69, 9.17) is 0 Å². The van der Waals surface area contributed by atoms with Crippen LogP contribution in [0.4, 0.5) is 13.2 Å².